The molecule has 1 aromatic rings. The number of phenolic OH excluding ortho intramolecular Hbond substituents is 1. The van der Waals surface area contributed by atoms with E-state index in [1.54, 1.807) is 13.0 Å². The average molecular weight is 274 g/mol. The molecule has 6 heteroatoms. The number of halogens is 1. The fourth-order valence-corrected chi connectivity index (χ4v) is 2.17. The first kappa shape index (κ1) is 14.6. The third-order valence-electron chi connectivity index (χ3n) is 2.71. The van der Waals surface area contributed by atoms with Gasteiger partial charge in [-0.1, -0.05) is 11.6 Å². The lowest BCUT2D eigenvalue weighted by atomic mass is 9.97. The number of hydrogen-bond acceptors (Lipinski definition) is 4. The van der Waals surface area contributed by atoms with Crippen LogP contribution in [0, 0.1) is 6.92 Å². The molecule has 1 unspecified atom stereocenters. The summed E-state index contributed by atoms with van der Waals surface area (Å²) in [5.41, 5.74) is 7.21. The highest BCUT2D eigenvalue weighted by atomic mass is 35.5. The van der Waals surface area contributed by atoms with Gasteiger partial charge in [0, 0.05) is 12.5 Å². The topological polar surface area (TPSA) is 92.8 Å². The van der Waals surface area contributed by atoms with Gasteiger partial charge in [0.1, 0.15) is 0 Å². The number of benzene rings is 1. The first-order chi connectivity index (χ1) is 8.38. The minimum atomic E-state index is -0.919. The summed E-state index contributed by atoms with van der Waals surface area (Å²) in [5.74, 6) is -0.825. The summed E-state index contributed by atoms with van der Waals surface area (Å²) in [6, 6.07) is 1.09. The van der Waals surface area contributed by atoms with E-state index in [2.05, 4.69) is 0 Å². The maximum atomic E-state index is 10.5. The van der Waals surface area contributed by atoms with Crippen LogP contribution >= 0.6 is 11.6 Å². The van der Waals surface area contributed by atoms with Crippen molar-refractivity contribution < 1.29 is 19.7 Å². The third kappa shape index (κ3) is 3.05. The summed E-state index contributed by atoms with van der Waals surface area (Å²) in [6.45, 7) is 1.78. The summed E-state index contributed by atoms with van der Waals surface area (Å²) in [5, 5.41) is 18.5. The average Bonchev–Trinajstić information content (AvgIpc) is 2.31. The highest BCUT2D eigenvalue weighted by Crippen LogP contribution is 2.41. The molecule has 0 fully saturated rings. The number of ether oxygens (including phenoxy) is 1. The first-order valence-electron chi connectivity index (χ1n) is 5.41. The predicted molar refractivity (Wildman–Crippen MR) is 68.2 cm³/mol. The molecule has 1 aromatic carbocycles. The van der Waals surface area contributed by atoms with Crippen LogP contribution in [0.5, 0.6) is 11.5 Å². The summed E-state index contributed by atoms with van der Waals surface area (Å²) < 4.78 is 4.97. The van der Waals surface area contributed by atoms with Gasteiger partial charge in [-0.3, -0.25) is 4.79 Å². The van der Waals surface area contributed by atoms with Crippen LogP contribution in [0.15, 0.2) is 6.07 Å². The number of aliphatic carboxylic acids is 1. The van der Waals surface area contributed by atoms with Crippen LogP contribution in [0.25, 0.3) is 0 Å². The third-order valence-corrected chi connectivity index (χ3v) is 3.09. The Labute approximate surface area is 110 Å². The molecule has 1 atom stereocenters. The van der Waals surface area contributed by atoms with E-state index in [1.807, 2.05) is 0 Å². The summed E-state index contributed by atoms with van der Waals surface area (Å²) in [4.78, 5) is 10.5. The molecule has 0 heterocycles. The molecule has 1 rings (SSSR count). The number of methoxy groups -OCH3 is 1. The van der Waals surface area contributed by atoms with Gasteiger partial charge in [-0.25, -0.2) is 0 Å². The second-order valence-electron chi connectivity index (χ2n) is 4.01. The molecule has 0 amide bonds. The van der Waals surface area contributed by atoms with E-state index >= 15 is 0 Å². The molecule has 0 aliphatic rings. The Morgan fingerprint density at radius 2 is 2.22 bits per heavy atom. The largest absolute Gasteiger partial charge is 0.503 e. The Morgan fingerprint density at radius 3 is 2.72 bits per heavy atom. The number of rotatable bonds is 5. The zero-order valence-electron chi connectivity index (χ0n) is 10.2. The second kappa shape index (κ2) is 5.93. The van der Waals surface area contributed by atoms with Crippen LogP contribution in [0.2, 0.25) is 5.02 Å². The molecule has 0 bridgehead atoms. The van der Waals surface area contributed by atoms with Crippen molar-refractivity contribution in [2.24, 2.45) is 5.73 Å². The van der Waals surface area contributed by atoms with Gasteiger partial charge in [-0.05, 0) is 30.5 Å². The highest BCUT2D eigenvalue weighted by molar-refractivity contribution is 6.33. The van der Waals surface area contributed by atoms with Gasteiger partial charge in [0.05, 0.1) is 12.1 Å². The predicted octanol–water partition coefficient (Wildman–Crippen LogP) is 2.23. The zero-order valence-corrected chi connectivity index (χ0v) is 11.0. The van der Waals surface area contributed by atoms with Crippen molar-refractivity contribution in [3.8, 4) is 11.5 Å². The Kier molecular flexibility index (Phi) is 4.81. The van der Waals surface area contributed by atoms with E-state index < -0.39 is 12.0 Å². The molecule has 18 heavy (non-hydrogen) atoms. The molecular formula is C12H16ClNO4. The minimum Gasteiger partial charge on any atom is -0.503 e. The van der Waals surface area contributed by atoms with E-state index in [-0.39, 0.29) is 29.4 Å². The molecule has 0 radical (unpaired) electrons. The number of aromatic hydroxyl groups is 1. The molecule has 0 aliphatic carbocycles. The van der Waals surface area contributed by atoms with Crippen LogP contribution in [0.3, 0.4) is 0 Å². The zero-order chi connectivity index (χ0) is 13.9. The molecule has 0 spiro atoms. The van der Waals surface area contributed by atoms with Gasteiger partial charge in [0.25, 0.3) is 0 Å². The number of carbonyl (C=O) groups is 1. The van der Waals surface area contributed by atoms with Crippen LogP contribution < -0.4 is 10.5 Å². The number of phenols is 1. The lowest BCUT2D eigenvalue weighted by Gasteiger charge is -2.18. The number of hydrogen-bond donors (Lipinski definition) is 3. The smallest absolute Gasteiger partial charge is 0.303 e. The summed E-state index contributed by atoms with van der Waals surface area (Å²) >= 11 is 6.04. The number of aryl methyl sites for hydroxylation is 1. The molecule has 4 N–H and O–H groups in total. The number of carboxylic acids is 1. The fourth-order valence-electron chi connectivity index (χ4n) is 1.79. The normalized spacial score (nSPS) is 12.2. The van der Waals surface area contributed by atoms with Gasteiger partial charge < -0.3 is 20.7 Å². The first-order valence-corrected chi connectivity index (χ1v) is 5.79. The molecular weight excluding hydrogens is 258 g/mol. The van der Waals surface area contributed by atoms with Crippen molar-refractivity contribution in [1.82, 2.24) is 0 Å². The standard InChI is InChI=1S/C12H16ClNO4/c1-6-5-8(18-2)12(17)11(13)10(6)7(14)3-4-9(15)16/h5,7,17H,3-4,14H2,1-2H3,(H,15,16). The van der Waals surface area contributed by atoms with Crippen LogP contribution in [-0.4, -0.2) is 23.3 Å². The van der Waals surface area contributed by atoms with E-state index in [0.29, 0.717) is 5.56 Å². The quantitative estimate of drug-likeness (QED) is 0.765. The lowest BCUT2D eigenvalue weighted by molar-refractivity contribution is -0.137. The van der Waals surface area contributed by atoms with Crippen molar-refractivity contribution in [2.75, 3.05) is 7.11 Å². The molecule has 0 saturated carbocycles. The van der Waals surface area contributed by atoms with Gasteiger partial charge >= 0.3 is 5.97 Å². The van der Waals surface area contributed by atoms with Crippen molar-refractivity contribution >= 4 is 17.6 Å². The van der Waals surface area contributed by atoms with E-state index in [9.17, 15) is 9.90 Å². The summed E-state index contributed by atoms with van der Waals surface area (Å²) in [7, 11) is 1.43. The monoisotopic (exact) mass is 273 g/mol. The van der Waals surface area contributed by atoms with Gasteiger partial charge in [-0.2, -0.15) is 0 Å². The maximum absolute atomic E-state index is 10.5. The SMILES string of the molecule is COc1cc(C)c(C(N)CCC(=O)O)c(Cl)c1O. The van der Waals surface area contributed by atoms with Crippen molar-refractivity contribution in [3.63, 3.8) is 0 Å². The van der Waals surface area contributed by atoms with Gasteiger partial charge in [0.15, 0.2) is 11.5 Å². The molecule has 0 aliphatic heterocycles. The molecule has 0 aromatic heterocycles. The van der Waals surface area contributed by atoms with E-state index in [0.717, 1.165) is 5.56 Å². The van der Waals surface area contributed by atoms with Crippen molar-refractivity contribution in [2.45, 2.75) is 25.8 Å². The maximum Gasteiger partial charge on any atom is 0.303 e. The number of carboxylic acid groups (broad SMARTS) is 1. The van der Waals surface area contributed by atoms with Crippen LogP contribution in [-0.2, 0) is 4.79 Å². The molecule has 5 nitrogen and oxygen atoms in total. The number of nitrogens with two attached hydrogens (primary N) is 1. The van der Waals surface area contributed by atoms with E-state index in [1.165, 1.54) is 7.11 Å². The summed E-state index contributed by atoms with van der Waals surface area (Å²) in [6.07, 6.45) is 0.200. The van der Waals surface area contributed by atoms with Crippen LogP contribution in [0.1, 0.15) is 30.0 Å². The fraction of sp³-hybridized carbons (Fsp3) is 0.417. The Morgan fingerprint density at radius 1 is 1.61 bits per heavy atom. The Balaban J connectivity index is 3.09. The Bertz CT molecular complexity index is 462. The van der Waals surface area contributed by atoms with Gasteiger partial charge in [-0.15, -0.1) is 0 Å². The van der Waals surface area contributed by atoms with Gasteiger partial charge in [0.2, 0.25) is 0 Å². The highest BCUT2D eigenvalue weighted by Gasteiger charge is 2.20. The Hall–Kier alpha value is -1.46. The minimum absolute atomic E-state index is 0.0519. The second-order valence-corrected chi connectivity index (χ2v) is 4.39. The lowest BCUT2D eigenvalue weighted by Crippen LogP contribution is -2.14. The van der Waals surface area contributed by atoms with Crippen molar-refractivity contribution in [1.29, 1.82) is 0 Å². The molecule has 100 valence electrons. The van der Waals surface area contributed by atoms with Crippen molar-refractivity contribution in [3.05, 3.63) is 22.2 Å². The van der Waals surface area contributed by atoms with Crippen LogP contribution in [0.4, 0.5) is 0 Å². The van der Waals surface area contributed by atoms with E-state index in [4.69, 9.17) is 27.2 Å². The molecule has 0 saturated heterocycles.